The zero-order chi connectivity index (χ0) is 14.4. The predicted molar refractivity (Wildman–Crippen MR) is 82.4 cm³/mol. The molecule has 1 fully saturated rings. The zero-order valence-electron chi connectivity index (χ0n) is 12.6. The average Bonchev–Trinajstić information content (AvgIpc) is 2.53. The molecule has 1 aromatic heterocycles. The molecule has 0 N–H and O–H groups in total. The van der Waals surface area contributed by atoms with E-state index in [1.165, 1.54) is 19.3 Å². The smallest absolute Gasteiger partial charge is 0.178 e. The van der Waals surface area contributed by atoms with E-state index in [4.69, 9.17) is 0 Å². The Kier molecular flexibility index (Phi) is 5.53. The van der Waals surface area contributed by atoms with Gasteiger partial charge >= 0.3 is 0 Å². The fraction of sp³-hybridized carbons (Fsp3) is 0.625. The number of hydrogen-bond donors (Lipinski definition) is 0. The Morgan fingerprint density at radius 2 is 1.90 bits per heavy atom. The molecule has 110 valence electrons. The number of piperidine rings is 1. The Morgan fingerprint density at radius 3 is 2.45 bits per heavy atom. The largest absolute Gasteiger partial charge is 0.357 e. The molecular weight excluding hydrogens is 250 g/mol. The van der Waals surface area contributed by atoms with Gasteiger partial charge in [0, 0.05) is 24.8 Å². The van der Waals surface area contributed by atoms with Gasteiger partial charge in [0.05, 0.1) is 6.54 Å². The van der Waals surface area contributed by atoms with Crippen LogP contribution in [-0.2, 0) is 0 Å². The number of aromatic nitrogens is 1. The molecule has 0 saturated carbocycles. The number of rotatable bonds is 6. The minimum Gasteiger partial charge on any atom is -0.357 e. The van der Waals surface area contributed by atoms with Gasteiger partial charge in [0.25, 0.3) is 0 Å². The van der Waals surface area contributed by atoms with Crippen molar-refractivity contribution in [1.82, 2.24) is 9.88 Å². The van der Waals surface area contributed by atoms with Gasteiger partial charge in [-0.2, -0.15) is 0 Å². The van der Waals surface area contributed by atoms with Crippen LogP contribution in [0.25, 0.3) is 0 Å². The van der Waals surface area contributed by atoms with Gasteiger partial charge in [0.1, 0.15) is 5.82 Å². The topological polar surface area (TPSA) is 36.4 Å². The molecule has 1 aromatic rings. The first kappa shape index (κ1) is 15.0. The molecule has 2 rings (SSSR count). The molecule has 0 unspecified atom stereocenters. The fourth-order valence-electron chi connectivity index (χ4n) is 2.60. The van der Waals surface area contributed by atoms with Crippen molar-refractivity contribution in [3.63, 3.8) is 0 Å². The number of pyridine rings is 1. The van der Waals surface area contributed by atoms with Crippen molar-refractivity contribution in [3.05, 3.63) is 23.9 Å². The lowest BCUT2D eigenvalue weighted by molar-refractivity contribution is 0.0937. The number of ketones is 1. The first-order valence-electron chi connectivity index (χ1n) is 7.71. The van der Waals surface area contributed by atoms with Gasteiger partial charge < -0.3 is 4.90 Å². The normalized spacial score (nSPS) is 15.7. The number of hydrogen-bond acceptors (Lipinski definition) is 4. The highest BCUT2D eigenvalue weighted by atomic mass is 16.1. The van der Waals surface area contributed by atoms with Crippen molar-refractivity contribution in [3.8, 4) is 0 Å². The van der Waals surface area contributed by atoms with Crippen molar-refractivity contribution in [2.75, 3.05) is 37.6 Å². The van der Waals surface area contributed by atoms with Crippen molar-refractivity contribution in [2.45, 2.75) is 33.1 Å². The molecule has 0 radical (unpaired) electrons. The van der Waals surface area contributed by atoms with Crippen molar-refractivity contribution in [1.29, 1.82) is 0 Å². The average molecular weight is 275 g/mol. The Bertz CT molecular complexity index is 420. The third-order valence-electron chi connectivity index (χ3n) is 4.01. The quantitative estimate of drug-likeness (QED) is 0.748. The maximum Gasteiger partial charge on any atom is 0.178 e. The van der Waals surface area contributed by atoms with Crippen LogP contribution in [0.3, 0.4) is 0 Å². The Hall–Kier alpha value is -1.42. The van der Waals surface area contributed by atoms with Crippen LogP contribution >= 0.6 is 0 Å². The molecule has 0 atom stereocenters. The molecule has 0 amide bonds. The number of likely N-dealkylation sites (N-methyl/N-ethyl adjacent to an activating group) is 1. The van der Waals surface area contributed by atoms with E-state index in [9.17, 15) is 4.79 Å². The van der Waals surface area contributed by atoms with Crippen LogP contribution in [0.4, 0.5) is 5.82 Å². The zero-order valence-corrected chi connectivity index (χ0v) is 12.6. The molecule has 0 bridgehead atoms. The van der Waals surface area contributed by atoms with Crippen LogP contribution in [0.5, 0.6) is 0 Å². The third-order valence-corrected chi connectivity index (χ3v) is 4.01. The summed E-state index contributed by atoms with van der Waals surface area (Å²) in [4.78, 5) is 21.1. The maximum absolute atomic E-state index is 12.2. The fourth-order valence-corrected chi connectivity index (χ4v) is 2.60. The number of Topliss-reactive ketones (excluding diaryl/α,β-unsaturated/α-hetero) is 1. The number of nitrogens with zero attached hydrogens (tertiary/aromatic N) is 3. The molecular formula is C16H25N3O. The SMILES string of the molecule is CCN(CC)CC(=O)c1ccc(N2CCCCC2)nc1. The van der Waals surface area contributed by atoms with E-state index < -0.39 is 0 Å². The molecule has 1 aliphatic heterocycles. The molecule has 4 heteroatoms. The molecule has 4 nitrogen and oxygen atoms in total. The summed E-state index contributed by atoms with van der Waals surface area (Å²) in [5, 5.41) is 0. The minimum absolute atomic E-state index is 0.159. The van der Waals surface area contributed by atoms with Crippen LogP contribution in [0.2, 0.25) is 0 Å². The first-order valence-corrected chi connectivity index (χ1v) is 7.71. The lowest BCUT2D eigenvalue weighted by Crippen LogP contribution is -2.31. The number of carbonyl (C=O) groups is 1. The van der Waals surface area contributed by atoms with Gasteiger partial charge in [-0.1, -0.05) is 13.8 Å². The molecule has 0 spiro atoms. The van der Waals surface area contributed by atoms with Gasteiger partial charge in [0.2, 0.25) is 0 Å². The van der Waals surface area contributed by atoms with Gasteiger partial charge in [-0.05, 0) is 44.5 Å². The monoisotopic (exact) mass is 275 g/mol. The highest BCUT2D eigenvalue weighted by molar-refractivity contribution is 5.97. The van der Waals surface area contributed by atoms with Crippen LogP contribution in [-0.4, -0.2) is 48.4 Å². The van der Waals surface area contributed by atoms with Crippen LogP contribution in [0.1, 0.15) is 43.5 Å². The summed E-state index contributed by atoms with van der Waals surface area (Å²) in [7, 11) is 0. The Balaban J connectivity index is 1.98. The van der Waals surface area contributed by atoms with E-state index in [0.717, 1.165) is 37.6 Å². The molecule has 20 heavy (non-hydrogen) atoms. The lowest BCUT2D eigenvalue weighted by atomic mass is 10.1. The second kappa shape index (κ2) is 7.39. The molecule has 2 heterocycles. The standard InChI is InChI=1S/C16H25N3O/c1-3-18(4-2)13-15(20)14-8-9-16(17-12-14)19-10-6-5-7-11-19/h8-9,12H,3-7,10-11,13H2,1-2H3. The molecule has 0 aliphatic carbocycles. The Labute approximate surface area is 121 Å². The predicted octanol–water partition coefficient (Wildman–Crippen LogP) is 2.60. The van der Waals surface area contributed by atoms with Crippen LogP contribution in [0, 0.1) is 0 Å². The van der Waals surface area contributed by atoms with E-state index in [1.54, 1.807) is 6.20 Å². The van der Waals surface area contributed by atoms with Crippen molar-refractivity contribution in [2.24, 2.45) is 0 Å². The highest BCUT2D eigenvalue weighted by Crippen LogP contribution is 2.17. The van der Waals surface area contributed by atoms with Gasteiger partial charge in [-0.15, -0.1) is 0 Å². The summed E-state index contributed by atoms with van der Waals surface area (Å²) in [6.45, 7) is 8.61. The van der Waals surface area contributed by atoms with E-state index in [1.807, 2.05) is 12.1 Å². The van der Waals surface area contributed by atoms with Gasteiger partial charge in [0.15, 0.2) is 5.78 Å². The van der Waals surface area contributed by atoms with E-state index in [-0.39, 0.29) is 5.78 Å². The number of anilines is 1. The van der Waals surface area contributed by atoms with Gasteiger partial charge in [-0.3, -0.25) is 9.69 Å². The molecule has 1 saturated heterocycles. The van der Waals surface area contributed by atoms with Gasteiger partial charge in [-0.25, -0.2) is 4.98 Å². The van der Waals surface area contributed by atoms with E-state index in [0.29, 0.717) is 6.54 Å². The van der Waals surface area contributed by atoms with Crippen molar-refractivity contribution >= 4 is 11.6 Å². The minimum atomic E-state index is 0.159. The maximum atomic E-state index is 12.2. The first-order chi connectivity index (χ1) is 9.74. The highest BCUT2D eigenvalue weighted by Gasteiger charge is 2.14. The second-order valence-corrected chi connectivity index (χ2v) is 5.34. The third kappa shape index (κ3) is 3.79. The van der Waals surface area contributed by atoms with Crippen molar-refractivity contribution < 1.29 is 4.79 Å². The lowest BCUT2D eigenvalue weighted by Gasteiger charge is -2.27. The summed E-state index contributed by atoms with van der Waals surface area (Å²) in [5.41, 5.74) is 0.720. The van der Waals surface area contributed by atoms with Crippen LogP contribution < -0.4 is 4.90 Å². The molecule has 1 aliphatic rings. The summed E-state index contributed by atoms with van der Waals surface area (Å²) in [6, 6.07) is 3.91. The summed E-state index contributed by atoms with van der Waals surface area (Å²) in [6.07, 6.45) is 5.53. The summed E-state index contributed by atoms with van der Waals surface area (Å²) >= 11 is 0. The summed E-state index contributed by atoms with van der Waals surface area (Å²) < 4.78 is 0. The second-order valence-electron chi connectivity index (χ2n) is 5.34. The van der Waals surface area contributed by atoms with E-state index >= 15 is 0 Å². The summed E-state index contributed by atoms with van der Waals surface area (Å²) in [5.74, 6) is 1.16. The molecule has 0 aromatic carbocycles. The van der Waals surface area contributed by atoms with Crippen LogP contribution in [0.15, 0.2) is 18.3 Å². The number of carbonyl (C=O) groups excluding carboxylic acids is 1. The van der Waals surface area contributed by atoms with E-state index in [2.05, 4.69) is 28.6 Å². The Morgan fingerprint density at radius 1 is 1.20 bits per heavy atom.